The first kappa shape index (κ1) is 16.3. The first-order chi connectivity index (χ1) is 9.45. The van der Waals surface area contributed by atoms with Gasteiger partial charge >= 0.3 is 5.97 Å². The number of esters is 1. The summed E-state index contributed by atoms with van der Waals surface area (Å²) >= 11 is 0. The summed E-state index contributed by atoms with van der Waals surface area (Å²) < 4.78 is 4.77. The molecule has 1 rings (SSSR count). The molecule has 0 atom stereocenters. The van der Waals surface area contributed by atoms with Gasteiger partial charge in [-0.15, -0.1) is 0 Å². The maximum absolute atomic E-state index is 11.7. The number of benzene rings is 1. The van der Waals surface area contributed by atoms with Gasteiger partial charge in [0.1, 0.15) is 0 Å². The van der Waals surface area contributed by atoms with Gasteiger partial charge in [-0.25, -0.2) is 4.79 Å². The monoisotopic (exact) mass is 279 g/mol. The third-order valence-corrected chi connectivity index (χ3v) is 3.33. The summed E-state index contributed by atoms with van der Waals surface area (Å²) in [6.45, 7) is 6.14. The van der Waals surface area contributed by atoms with Crippen molar-refractivity contribution in [1.82, 2.24) is 4.90 Å². The van der Waals surface area contributed by atoms with E-state index in [4.69, 9.17) is 10.5 Å². The van der Waals surface area contributed by atoms with Gasteiger partial charge < -0.3 is 20.7 Å². The van der Waals surface area contributed by atoms with Crippen LogP contribution in [0.5, 0.6) is 0 Å². The minimum absolute atomic E-state index is 0.376. The fraction of sp³-hybridized carbons (Fsp3) is 0.533. The molecule has 112 valence electrons. The molecule has 0 radical (unpaired) electrons. The molecular weight excluding hydrogens is 254 g/mol. The van der Waals surface area contributed by atoms with E-state index in [0.717, 1.165) is 25.2 Å². The smallest absolute Gasteiger partial charge is 0.340 e. The van der Waals surface area contributed by atoms with E-state index in [2.05, 4.69) is 31.1 Å². The lowest BCUT2D eigenvalue weighted by atomic mass is 10.1. The molecule has 3 N–H and O–H groups in total. The van der Waals surface area contributed by atoms with Crippen molar-refractivity contribution in [2.24, 2.45) is 0 Å². The van der Waals surface area contributed by atoms with Crippen LogP contribution >= 0.6 is 0 Å². The second-order valence-electron chi connectivity index (χ2n) is 5.15. The standard InChI is InChI=1S/C15H25N3O2/c1-11(2)18(3)9-5-8-17-14-7-6-12(16)10-13(14)15(19)20-4/h6-7,10-11,17H,5,8-9,16H2,1-4H3. The lowest BCUT2D eigenvalue weighted by molar-refractivity contribution is 0.0602. The van der Waals surface area contributed by atoms with Crippen molar-refractivity contribution in [2.45, 2.75) is 26.3 Å². The van der Waals surface area contributed by atoms with E-state index in [9.17, 15) is 4.79 Å². The summed E-state index contributed by atoms with van der Waals surface area (Å²) in [5.74, 6) is -0.376. The molecule has 0 saturated heterocycles. The van der Waals surface area contributed by atoms with Crippen LogP contribution in [-0.2, 0) is 4.74 Å². The Bertz CT molecular complexity index is 447. The molecule has 20 heavy (non-hydrogen) atoms. The van der Waals surface area contributed by atoms with Crippen LogP contribution < -0.4 is 11.1 Å². The quantitative estimate of drug-likeness (QED) is 0.455. The number of carbonyl (C=O) groups is 1. The van der Waals surface area contributed by atoms with E-state index >= 15 is 0 Å². The molecule has 0 fully saturated rings. The summed E-state index contributed by atoms with van der Waals surface area (Å²) in [6, 6.07) is 5.76. The molecule has 0 bridgehead atoms. The Labute approximate surface area is 121 Å². The van der Waals surface area contributed by atoms with Crippen molar-refractivity contribution in [3.8, 4) is 0 Å². The van der Waals surface area contributed by atoms with E-state index in [1.54, 1.807) is 12.1 Å². The molecule has 1 aromatic rings. The first-order valence-corrected chi connectivity index (χ1v) is 6.87. The normalized spacial score (nSPS) is 10.9. The zero-order valence-corrected chi connectivity index (χ0v) is 12.8. The topological polar surface area (TPSA) is 67.6 Å². The van der Waals surface area contributed by atoms with Crippen molar-refractivity contribution < 1.29 is 9.53 Å². The molecule has 0 aliphatic heterocycles. The van der Waals surface area contributed by atoms with Gasteiger partial charge in [0.25, 0.3) is 0 Å². The number of ether oxygens (including phenoxy) is 1. The maximum Gasteiger partial charge on any atom is 0.340 e. The first-order valence-electron chi connectivity index (χ1n) is 6.87. The fourth-order valence-corrected chi connectivity index (χ4v) is 1.80. The summed E-state index contributed by atoms with van der Waals surface area (Å²) in [4.78, 5) is 14.0. The molecule has 0 aliphatic rings. The minimum atomic E-state index is -0.376. The summed E-state index contributed by atoms with van der Waals surface area (Å²) in [7, 11) is 3.47. The van der Waals surface area contributed by atoms with Crippen LogP contribution in [0.2, 0.25) is 0 Å². The number of nitrogen functional groups attached to an aromatic ring is 1. The van der Waals surface area contributed by atoms with E-state index in [1.165, 1.54) is 7.11 Å². The average molecular weight is 279 g/mol. The van der Waals surface area contributed by atoms with Crippen molar-refractivity contribution in [3.05, 3.63) is 23.8 Å². The maximum atomic E-state index is 11.7. The number of rotatable bonds is 7. The van der Waals surface area contributed by atoms with Crippen LogP contribution in [0.4, 0.5) is 11.4 Å². The lowest BCUT2D eigenvalue weighted by Gasteiger charge is -2.21. The third kappa shape index (κ3) is 4.74. The van der Waals surface area contributed by atoms with E-state index in [1.807, 2.05) is 6.07 Å². The number of methoxy groups -OCH3 is 1. The van der Waals surface area contributed by atoms with Crippen molar-refractivity contribution in [3.63, 3.8) is 0 Å². The minimum Gasteiger partial charge on any atom is -0.465 e. The Balaban J connectivity index is 2.57. The molecule has 0 heterocycles. The highest BCUT2D eigenvalue weighted by Gasteiger charge is 2.12. The SMILES string of the molecule is COC(=O)c1cc(N)ccc1NCCCN(C)C(C)C. The molecule has 1 aromatic carbocycles. The second-order valence-corrected chi connectivity index (χ2v) is 5.15. The number of nitrogens with one attached hydrogen (secondary N) is 1. The number of nitrogens with two attached hydrogens (primary N) is 1. The molecule has 0 aromatic heterocycles. The molecular formula is C15H25N3O2. The second kappa shape index (κ2) is 7.75. The van der Waals surface area contributed by atoms with E-state index in [0.29, 0.717) is 17.3 Å². The van der Waals surface area contributed by atoms with Gasteiger partial charge in [-0.2, -0.15) is 0 Å². The summed E-state index contributed by atoms with van der Waals surface area (Å²) in [6.07, 6.45) is 1.000. The van der Waals surface area contributed by atoms with Gasteiger partial charge in [0.05, 0.1) is 12.7 Å². The largest absolute Gasteiger partial charge is 0.465 e. The van der Waals surface area contributed by atoms with Gasteiger partial charge in [0, 0.05) is 24.0 Å². The highest BCUT2D eigenvalue weighted by atomic mass is 16.5. The highest BCUT2D eigenvalue weighted by molar-refractivity contribution is 5.96. The Morgan fingerprint density at radius 2 is 2.15 bits per heavy atom. The van der Waals surface area contributed by atoms with Crippen molar-refractivity contribution in [1.29, 1.82) is 0 Å². The summed E-state index contributed by atoms with van der Waals surface area (Å²) in [5, 5.41) is 3.27. The number of anilines is 2. The van der Waals surface area contributed by atoms with Gasteiger partial charge in [-0.1, -0.05) is 0 Å². The predicted octanol–water partition coefficient (Wildman–Crippen LogP) is 2.20. The number of hydrogen-bond acceptors (Lipinski definition) is 5. The van der Waals surface area contributed by atoms with E-state index in [-0.39, 0.29) is 5.97 Å². The Morgan fingerprint density at radius 3 is 2.75 bits per heavy atom. The zero-order chi connectivity index (χ0) is 15.1. The Morgan fingerprint density at radius 1 is 1.45 bits per heavy atom. The Kier molecular flexibility index (Phi) is 6.31. The molecule has 5 nitrogen and oxygen atoms in total. The third-order valence-electron chi connectivity index (χ3n) is 3.33. The Hall–Kier alpha value is -1.75. The summed E-state index contributed by atoms with van der Waals surface area (Å²) in [5.41, 5.74) is 7.50. The van der Waals surface area contributed by atoms with Gasteiger partial charge in [0.2, 0.25) is 0 Å². The average Bonchev–Trinajstić information content (AvgIpc) is 2.43. The number of nitrogens with zero attached hydrogens (tertiary/aromatic N) is 1. The molecule has 0 amide bonds. The molecule has 5 heteroatoms. The van der Waals surface area contributed by atoms with Crippen molar-refractivity contribution >= 4 is 17.3 Å². The van der Waals surface area contributed by atoms with Gasteiger partial charge in [-0.05, 0) is 52.1 Å². The molecule has 0 aliphatic carbocycles. The fourth-order valence-electron chi connectivity index (χ4n) is 1.80. The van der Waals surface area contributed by atoms with Crippen LogP contribution in [0.3, 0.4) is 0 Å². The predicted molar refractivity (Wildman–Crippen MR) is 83.1 cm³/mol. The van der Waals surface area contributed by atoms with Crippen LogP contribution in [0.1, 0.15) is 30.6 Å². The van der Waals surface area contributed by atoms with Crippen molar-refractivity contribution in [2.75, 3.05) is 38.3 Å². The molecule has 0 saturated carbocycles. The van der Waals surface area contributed by atoms with Crippen LogP contribution in [0, 0.1) is 0 Å². The van der Waals surface area contributed by atoms with Crippen LogP contribution in [0.25, 0.3) is 0 Å². The van der Waals surface area contributed by atoms with Gasteiger partial charge in [-0.3, -0.25) is 0 Å². The molecule has 0 spiro atoms. The number of carbonyl (C=O) groups excluding carboxylic acids is 1. The number of hydrogen-bond donors (Lipinski definition) is 2. The van der Waals surface area contributed by atoms with Crippen LogP contribution in [-0.4, -0.2) is 44.2 Å². The highest BCUT2D eigenvalue weighted by Crippen LogP contribution is 2.19. The zero-order valence-electron chi connectivity index (χ0n) is 12.8. The van der Waals surface area contributed by atoms with Crippen LogP contribution in [0.15, 0.2) is 18.2 Å². The molecule has 0 unspecified atom stereocenters. The lowest BCUT2D eigenvalue weighted by Crippen LogP contribution is -2.28. The van der Waals surface area contributed by atoms with E-state index < -0.39 is 0 Å². The van der Waals surface area contributed by atoms with Gasteiger partial charge in [0.15, 0.2) is 0 Å².